The van der Waals surface area contributed by atoms with Crippen molar-refractivity contribution in [2.24, 2.45) is 0 Å². The fourth-order valence-electron chi connectivity index (χ4n) is 2.05. The monoisotopic (exact) mass is 317 g/mol. The first-order chi connectivity index (χ1) is 9.22. The van der Waals surface area contributed by atoms with Gasteiger partial charge in [0.05, 0.1) is 13.2 Å². The van der Waals surface area contributed by atoms with Crippen LogP contribution in [0.5, 0.6) is 0 Å². The molecule has 0 fully saturated rings. The summed E-state index contributed by atoms with van der Waals surface area (Å²) in [6.45, 7) is 1.23. The highest BCUT2D eigenvalue weighted by Gasteiger charge is 2.14. The summed E-state index contributed by atoms with van der Waals surface area (Å²) >= 11 is 3.36. The number of amides is 1. The van der Waals surface area contributed by atoms with Crippen LogP contribution in [0.2, 0.25) is 0 Å². The molecule has 0 saturated heterocycles. The van der Waals surface area contributed by atoms with Gasteiger partial charge in [-0.05, 0) is 47.5 Å². The van der Waals surface area contributed by atoms with E-state index in [1.54, 1.807) is 0 Å². The molecular weight excluding hydrogens is 306 g/mol. The number of carbonyl (C=O) groups excluding carboxylic acids is 1. The van der Waals surface area contributed by atoms with E-state index >= 15 is 0 Å². The maximum absolute atomic E-state index is 12.1. The lowest BCUT2D eigenvalue weighted by Gasteiger charge is -2.06. The van der Waals surface area contributed by atoms with Crippen LogP contribution in [0.1, 0.15) is 21.5 Å². The zero-order valence-electron chi connectivity index (χ0n) is 10.2. The minimum absolute atomic E-state index is 0.1000. The highest BCUT2D eigenvalue weighted by atomic mass is 79.9. The largest absolute Gasteiger partial charge is 0.372 e. The maximum Gasteiger partial charge on any atom is 0.255 e. The van der Waals surface area contributed by atoms with Crippen LogP contribution in [0.25, 0.3) is 0 Å². The predicted octanol–water partition coefficient (Wildman–Crippen LogP) is 3.73. The molecule has 4 heteroatoms. The highest BCUT2D eigenvalue weighted by Crippen LogP contribution is 2.21. The average Bonchev–Trinajstić information content (AvgIpc) is 2.88. The van der Waals surface area contributed by atoms with Crippen molar-refractivity contribution in [1.29, 1.82) is 0 Å². The molecule has 0 aromatic heterocycles. The Morgan fingerprint density at radius 2 is 1.79 bits per heavy atom. The van der Waals surface area contributed by atoms with Crippen LogP contribution in [0.4, 0.5) is 5.69 Å². The first-order valence-electron chi connectivity index (χ1n) is 5.99. The van der Waals surface area contributed by atoms with E-state index in [1.807, 2.05) is 42.5 Å². The molecule has 1 aliphatic heterocycles. The fourth-order valence-corrected chi connectivity index (χ4v) is 2.31. The lowest BCUT2D eigenvalue weighted by Crippen LogP contribution is -2.12. The van der Waals surface area contributed by atoms with Crippen molar-refractivity contribution in [1.82, 2.24) is 0 Å². The molecule has 0 saturated carbocycles. The SMILES string of the molecule is O=C(Nc1ccc(Br)cc1)c1ccc2c(c1)COC2. The van der Waals surface area contributed by atoms with Crippen molar-refractivity contribution >= 4 is 27.5 Å². The first kappa shape index (κ1) is 12.4. The predicted molar refractivity (Wildman–Crippen MR) is 77.0 cm³/mol. The molecule has 3 rings (SSSR count). The summed E-state index contributed by atoms with van der Waals surface area (Å²) in [5.74, 6) is -0.1000. The Bertz CT molecular complexity index is 623. The quantitative estimate of drug-likeness (QED) is 0.916. The van der Waals surface area contributed by atoms with Crippen LogP contribution in [0.15, 0.2) is 46.9 Å². The molecule has 0 aliphatic carbocycles. The molecule has 0 unspecified atom stereocenters. The third-order valence-electron chi connectivity index (χ3n) is 3.09. The second kappa shape index (κ2) is 5.15. The Balaban J connectivity index is 1.78. The number of hydrogen-bond acceptors (Lipinski definition) is 2. The number of ether oxygens (including phenoxy) is 1. The van der Waals surface area contributed by atoms with E-state index < -0.39 is 0 Å². The van der Waals surface area contributed by atoms with Gasteiger partial charge >= 0.3 is 0 Å². The molecule has 1 amide bonds. The van der Waals surface area contributed by atoms with Crippen LogP contribution in [0, 0.1) is 0 Å². The summed E-state index contributed by atoms with van der Waals surface area (Å²) in [6, 6.07) is 13.2. The number of rotatable bonds is 2. The number of fused-ring (bicyclic) bond motifs is 1. The van der Waals surface area contributed by atoms with E-state index in [-0.39, 0.29) is 5.91 Å². The van der Waals surface area contributed by atoms with Gasteiger partial charge in [-0.3, -0.25) is 4.79 Å². The number of benzene rings is 2. The molecule has 1 N–H and O–H groups in total. The Hall–Kier alpha value is -1.65. The highest BCUT2D eigenvalue weighted by molar-refractivity contribution is 9.10. The van der Waals surface area contributed by atoms with Gasteiger partial charge in [0.2, 0.25) is 0 Å². The Kier molecular flexibility index (Phi) is 3.36. The average molecular weight is 318 g/mol. The molecule has 0 radical (unpaired) electrons. The molecule has 19 heavy (non-hydrogen) atoms. The smallest absolute Gasteiger partial charge is 0.255 e. The minimum Gasteiger partial charge on any atom is -0.372 e. The van der Waals surface area contributed by atoms with Gasteiger partial charge in [0.1, 0.15) is 0 Å². The van der Waals surface area contributed by atoms with Gasteiger partial charge in [0.25, 0.3) is 5.91 Å². The van der Waals surface area contributed by atoms with E-state index in [1.165, 1.54) is 5.56 Å². The van der Waals surface area contributed by atoms with Crippen molar-refractivity contribution in [3.63, 3.8) is 0 Å². The molecule has 2 aromatic carbocycles. The minimum atomic E-state index is -0.1000. The van der Waals surface area contributed by atoms with Crippen LogP contribution in [0.3, 0.4) is 0 Å². The molecule has 1 heterocycles. The summed E-state index contributed by atoms with van der Waals surface area (Å²) < 4.78 is 6.33. The van der Waals surface area contributed by atoms with E-state index in [0.29, 0.717) is 18.8 Å². The molecule has 96 valence electrons. The van der Waals surface area contributed by atoms with Crippen molar-refractivity contribution in [3.05, 3.63) is 63.6 Å². The number of nitrogens with one attached hydrogen (secondary N) is 1. The number of hydrogen-bond donors (Lipinski definition) is 1. The van der Waals surface area contributed by atoms with Crippen LogP contribution >= 0.6 is 15.9 Å². The molecule has 1 aliphatic rings. The third-order valence-corrected chi connectivity index (χ3v) is 3.61. The van der Waals surface area contributed by atoms with Crippen molar-refractivity contribution in [2.45, 2.75) is 13.2 Å². The summed E-state index contributed by atoms with van der Waals surface area (Å²) in [6.07, 6.45) is 0. The maximum atomic E-state index is 12.1. The Morgan fingerprint density at radius 1 is 1.05 bits per heavy atom. The summed E-state index contributed by atoms with van der Waals surface area (Å²) in [7, 11) is 0. The van der Waals surface area contributed by atoms with Gasteiger partial charge in [-0.2, -0.15) is 0 Å². The van der Waals surface area contributed by atoms with E-state index in [0.717, 1.165) is 15.7 Å². The summed E-state index contributed by atoms with van der Waals surface area (Å²) in [5, 5.41) is 2.88. The topological polar surface area (TPSA) is 38.3 Å². The van der Waals surface area contributed by atoms with Gasteiger partial charge in [0, 0.05) is 15.7 Å². The fraction of sp³-hybridized carbons (Fsp3) is 0.133. The lowest BCUT2D eigenvalue weighted by atomic mass is 10.1. The molecule has 2 aromatic rings. The van der Waals surface area contributed by atoms with E-state index in [2.05, 4.69) is 21.2 Å². The summed E-state index contributed by atoms with van der Waals surface area (Å²) in [4.78, 5) is 12.1. The van der Waals surface area contributed by atoms with Crippen LogP contribution < -0.4 is 5.32 Å². The number of anilines is 1. The van der Waals surface area contributed by atoms with Gasteiger partial charge in [0.15, 0.2) is 0 Å². The molecule has 0 spiro atoms. The molecular formula is C15H12BrNO2. The first-order valence-corrected chi connectivity index (χ1v) is 6.78. The van der Waals surface area contributed by atoms with Crippen LogP contribution in [-0.2, 0) is 18.0 Å². The van der Waals surface area contributed by atoms with Crippen molar-refractivity contribution < 1.29 is 9.53 Å². The van der Waals surface area contributed by atoms with Crippen LogP contribution in [-0.4, -0.2) is 5.91 Å². The normalized spacial score (nSPS) is 13.1. The van der Waals surface area contributed by atoms with E-state index in [9.17, 15) is 4.79 Å². The zero-order chi connectivity index (χ0) is 13.2. The molecule has 0 bridgehead atoms. The van der Waals surface area contributed by atoms with E-state index in [4.69, 9.17) is 4.74 Å². The van der Waals surface area contributed by atoms with Crippen molar-refractivity contribution in [3.8, 4) is 0 Å². The molecule has 3 nitrogen and oxygen atoms in total. The number of carbonyl (C=O) groups is 1. The number of halogens is 1. The zero-order valence-corrected chi connectivity index (χ0v) is 11.7. The standard InChI is InChI=1S/C15H12BrNO2/c16-13-3-5-14(6-4-13)17-15(18)10-1-2-11-8-19-9-12(11)7-10/h1-7H,8-9H2,(H,17,18). The molecule has 0 atom stereocenters. The van der Waals surface area contributed by atoms with Gasteiger partial charge in [-0.1, -0.05) is 22.0 Å². The van der Waals surface area contributed by atoms with Gasteiger partial charge in [-0.25, -0.2) is 0 Å². The Labute approximate surface area is 119 Å². The summed E-state index contributed by atoms with van der Waals surface area (Å²) in [5.41, 5.74) is 3.71. The third kappa shape index (κ3) is 2.69. The second-order valence-electron chi connectivity index (χ2n) is 4.44. The second-order valence-corrected chi connectivity index (χ2v) is 5.35. The Morgan fingerprint density at radius 3 is 2.58 bits per heavy atom. The van der Waals surface area contributed by atoms with Gasteiger partial charge in [-0.15, -0.1) is 0 Å². The van der Waals surface area contributed by atoms with Gasteiger partial charge < -0.3 is 10.1 Å². The van der Waals surface area contributed by atoms with Crippen molar-refractivity contribution in [2.75, 3.05) is 5.32 Å². The lowest BCUT2D eigenvalue weighted by molar-refractivity contribution is 0.102.